The van der Waals surface area contributed by atoms with Gasteiger partial charge < -0.3 is 10.2 Å². The van der Waals surface area contributed by atoms with E-state index in [1.807, 2.05) is 24.3 Å². The number of benzene rings is 1. The number of carbonyl (C=O) groups excluding carboxylic acids is 2. The van der Waals surface area contributed by atoms with E-state index in [-0.39, 0.29) is 11.8 Å². The molecule has 0 aliphatic rings. The van der Waals surface area contributed by atoms with Crippen molar-refractivity contribution in [3.05, 3.63) is 29.8 Å². The van der Waals surface area contributed by atoms with Gasteiger partial charge in [-0.15, -0.1) is 0 Å². The first-order chi connectivity index (χ1) is 10.0. The maximum absolute atomic E-state index is 11.7. The van der Waals surface area contributed by atoms with Gasteiger partial charge in [0.15, 0.2) is 0 Å². The third-order valence-corrected chi connectivity index (χ3v) is 3.37. The van der Waals surface area contributed by atoms with Crippen molar-refractivity contribution < 1.29 is 9.59 Å². The van der Waals surface area contributed by atoms with Gasteiger partial charge in [0, 0.05) is 32.6 Å². The molecule has 0 atom stereocenters. The molecule has 116 valence electrons. The Kier molecular flexibility index (Phi) is 7.51. The highest BCUT2D eigenvalue weighted by atomic mass is 16.2. The first-order valence-corrected chi connectivity index (χ1v) is 7.62. The summed E-state index contributed by atoms with van der Waals surface area (Å²) in [4.78, 5) is 24.8. The molecule has 1 aromatic rings. The lowest BCUT2D eigenvalue weighted by atomic mass is 10.1. The summed E-state index contributed by atoms with van der Waals surface area (Å²) in [6, 6.07) is 7.72. The van der Waals surface area contributed by atoms with E-state index >= 15 is 0 Å². The van der Waals surface area contributed by atoms with Crippen LogP contribution in [0.1, 0.15) is 44.6 Å². The maximum Gasteiger partial charge on any atom is 0.224 e. The summed E-state index contributed by atoms with van der Waals surface area (Å²) in [6.45, 7) is 2.12. The van der Waals surface area contributed by atoms with Crippen LogP contribution in [0.5, 0.6) is 0 Å². The zero-order valence-corrected chi connectivity index (χ0v) is 13.3. The molecule has 0 aliphatic heterocycles. The standard InChI is InChI=1S/C17H26N2O2/c1-4-5-6-7-16(20)18-15-11-8-14(9-12-15)10-13-17(21)19(2)3/h8-9,11-12H,4-7,10,13H2,1-3H3,(H,18,20). The molecule has 0 fully saturated rings. The third kappa shape index (κ3) is 6.93. The number of nitrogens with one attached hydrogen (secondary N) is 1. The van der Waals surface area contributed by atoms with Crippen LogP contribution >= 0.6 is 0 Å². The minimum Gasteiger partial charge on any atom is -0.349 e. The average Bonchev–Trinajstić information content (AvgIpc) is 2.46. The third-order valence-electron chi connectivity index (χ3n) is 3.37. The van der Waals surface area contributed by atoms with E-state index in [0.717, 1.165) is 36.9 Å². The molecule has 1 rings (SSSR count). The van der Waals surface area contributed by atoms with Crippen LogP contribution in [0.15, 0.2) is 24.3 Å². The van der Waals surface area contributed by atoms with Gasteiger partial charge in [0.1, 0.15) is 0 Å². The number of hydrogen-bond acceptors (Lipinski definition) is 2. The van der Waals surface area contributed by atoms with Crippen LogP contribution in [-0.2, 0) is 16.0 Å². The van der Waals surface area contributed by atoms with Crippen LogP contribution in [0.4, 0.5) is 5.69 Å². The van der Waals surface area contributed by atoms with Crippen molar-refractivity contribution in [2.45, 2.75) is 45.4 Å². The van der Waals surface area contributed by atoms with Gasteiger partial charge in [-0.05, 0) is 30.5 Å². The van der Waals surface area contributed by atoms with Crippen molar-refractivity contribution in [3.63, 3.8) is 0 Å². The van der Waals surface area contributed by atoms with Crippen molar-refractivity contribution in [3.8, 4) is 0 Å². The van der Waals surface area contributed by atoms with E-state index in [1.54, 1.807) is 19.0 Å². The summed E-state index contributed by atoms with van der Waals surface area (Å²) in [5, 5.41) is 2.90. The number of amides is 2. The Morgan fingerprint density at radius 1 is 1.05 bits per heavy atom. The van der Waals surface area contributed by atoms with Crippen molar-refractivity contribution >= 4 is 17.5 Å². The molecule has 1 aromatic carbocycles. The lowest BCUT2D eigenvalue weighted by Crippen LogP contribution is -2.21. The van der Waals surface area contributed by atoms with Crippen LogP contribution < -0.4 is 5.32 Å². The lowest BCUT2D eigenvalue weighted by molar-refractivity contribution is -0.128. The summed E-state index contributed by atoms with van der Waals surface area (Å²) in [5.74, 6) is 0.197. The second-order valence-corrected chi connectivity index (χ2v) is 5.49. The van der Waals surface area contributed by atoms with Gasteiger partial charge in [0.25, 0.3) is 0 Å². The highest BCUT2D eigenvalue weighted by Gasteiger charge is 2.05. The van der Waals surface area contributed by atoms with Crippen LogP contribution in [0.3, 0.4) is 0 Å². The van der Waals surface area contributed by atoms with Crippen molar-refractivity contribution in [2.24, 2.45) is 0 Å². The minimum atomic E-state index is 0.0685. The molecular weight excluding hydrogens is 264 g/mol. The molecule has 0 saturated heterocycles. The van der Waals surface area contributed by atoms with Gasteiger partial charge in [0.2, 0.25) is 11.8 Å². The van der Waals surface area contributed by atoms with Gasteiger partial charge in [-0.3, -0.25) is 9.59 Å². The predicted molar refractivity (Wildman–Crippen MR) is 86.2 cm³/mol. The summed E-state index contributed by atoms with van der Waals surface area (Å²) in [7, 11) is 3.53. The largest absolute Gasteiger partial charge is 0.349 e. The Morgan fingerprint density at radius 3 is 2.29 bits per heavy atom. The first kappa shape index (κ1) is 17.2. The van der Waals surface area contributed by atoms with Crippen LogP contribution in [0, 0.1) is 0 Å². The van der Waals surface area contributed by atoms with Crippen molar-refractivity contribution in [1.29, 1.82) is 0 Å². The molecule has 1 N–H and O–H groups in total. The molecular formula is C17H26N2O2. The Hall–Kier alpha value is -1.84. The molecule has 4 heteroatoms. The second kappa shape index (κ2) is 9.16. The molecule has 0 unspecified atom stereocenters. The smallest absolute Gasteiger partial charge is 0.224 e. The molecule has 21 heavy (non-hydrogen) atoms. The molecule has 0 spiro atoms. The number of hydrogen-bond donors (Lipinski definition) is 1. The highest BCUT2D eigenvalue weighted by Crippen LogP contribution is 2.12. The van der Waals surface area contributed by atoms with Crippen molar-refractivity contribution in [2.75, 3.05) is 19.4 Å². The van der Waals surface area contributed by atoms with Crippen LogP contribution in [-0.4, -0.2) is 30.8 Å². The normalized spacial score (nSPS) is 10.2. The molecule has 0 aliphatic carbocycles. The molecule has 0 radical (unpaired) electrons. The lowest BCUT2D eigenvalue weighted by Gasteiger charge is -2.10. The summed E-state index contributed by atoms with van der Waals surface area (Å²) < 4.78 is 0. The summed E-state index contributed by atoms with van der Waals surface area (Å²) >= 11 is 0. The van der Waals surface area contributed by atoms with Gasteiger partial charge in [-0.1, -0.05) is 31.9 Å². The fourth-order valence-electron chi connectivity index (χ4n) is 1.99. The maximum atomic E-state index is 11.7. The number of unbranched alkanes of at least 4 members (excludes halogenated alkanes) is 2. The molecule has 0 bridgehead atoms. The highest BCUT2D eigenvalue weighted by molar-refractivity contribution is 5.90. The predicted octanol–water partition coefficient (Wildman–Crippen LogP) is 3.23. The number of rotatable bonds is 8. The van der Waals surface area contributed by atoms with Gasteiger partial charge in [-0.25, -0.2) is 0 Å². The van der Waals surface area contributed by atoms with Crippen LogP contribution in [0.2, 0.25) is 0 Å². The summed E-state index contributed by atoms with van der Waals surface area (Å²) in [5.41, 5.74) is 1.92. The summed E-state index contributed by atoms with van der Waals surface area (Å²) in [6.07, 6.45) is 4.96. The van der Waals surface area contributed by atoms with Crippen molar-refractivity contribution in [1.82, 2.24) is 4.90 Å². The average molecular weight is 290 g/mol. The Labute approximate surface area is 127 Å². The monoisotopic (exact) mass is 290 g/mol. The fraction of sp³-hybridized carbons (Fsp3) is 0.529. The van der Waals surface area contributed by atoms with E-state index in [4.69, 9.17) is 0 Å². The first-order valence-electron chi connectivity index (χ1n) is 7.62. The Balaban J connectivity index is 2.39. The van der Waals surface area contributed by atoms with E-state index < -0.39 is 0 Å². The van der Waals surface area contributed by atoms with E-state index in [1.165, 1.54) is 0 Å². The van der Waals surface area contributed by atoms with Crippen LogP contribution in [0.25, 0.3) is 0 Å². The van der Waals surface area contributed by atoms with E-state index in [9.17, 15) is 9.59 Å². The number of aryl methyl sites for hydroxylation is 1. The molecule has 0 heterocycles. The quantitative estimate of drug-likeness (QED) is 0.747. The van der Waals surface area contributed by atoms with E-state index in [0.29, 0.717) is 12.8 Å². The fourth-order valence-corrected chi connectivity index (χ4v) is 1.99. The van der Waals surface area contributed by atoms with Gasteiger partial charge >= 0.3 is 0 Å². The zero-order chi connectivity index (χ0) is 15.7. The molecule has 2 amide bonds. The SMILES string of the molecule is CCCCCC(=O)Nc1ccc(CCC(=O)N(C)C)cc1. The number of nitrogens with zero attached hydrogens (tertiary/aromatic N) is 1. The zero-order valence-electron chi connectivity index (χ0n) is 13.3. The van der Waals surface area contributed by atoms with Gasteiger partial charge in [0.05, 0.1) is 0 Å². The number of carbonyl (C=O) groups is 2. The molecule has 0 saturated carbocycles. The van der Waals surface area contributed by atoms with Gasteiger partial charge in [-0.2, -0.15) is 0 Å². The Morgan fingerprint density at radius 2 is 1.71 bits per heavy atom. The molecule has 0 aromatic heterocycles. The topological polar surface area (TPSA) is 49.4 Å². The Bertz CT molecular complexity index is 452. The van der Waals surface area contributed by atoms with E-state index in [2.05, 4.69) is 12.2 Å². The second-order valence-electron chi connectivity index (χ2n) is 5.49. The number of anilines is 1. The minimum absolute atomic E-state index is 0.0685. The molecule has 4 nitrogen and oxygen atoms in total.